The topological polar surface area (TPSA) is 29.9 Å². The number of aryl methyl sites for hydroxylation is 1. The summed E-state index contributed by atoms with van der Waals surface area (Å²) in [5, 5.41) is 7.83. The molecule has 0 aromatic carbocycles. The Morgan fingerprint density at radius 3 is 2.78 bits per heavy atom. The second-order valence-electron chi connectivity index (χ2n) is 4.38. The SMILES string of the molecule is CCCNCc1ccnn1Cc1ccc(CC)s1. The summed E-state index contributed by atoms with van der Waals surface area (Å²) in [6.45, 7) is 7.23. The summed E-state index contributed by atoms with van der Waals surface area (Å²) in [6, 6.07) is 6.53. The summed E-state index contributed by atoms with van der Waals surface area (Å²) in [5.41, 5.74) is 1.26. The van der Waals surface area contributed by atoms with E-state index in [1.807, 2.05) is 17.5 Å². The highest BCUT2D eigenvalue weighted by atomic mass is 32.1. The third-order valence-corrected chi connectivity index (χ3v) is 4.12. The van der Waals surface area contributed by atoms with Crippen molar-refractivity contribution >= 4 is 11.3 Å². The predicted octanol–water partition coefficient (Wildman–Crippen LogP) is 3.05. The summed E-state index contributed by atoms with van der Waals surface area (Å²) in [7, 11) is 0. The van der Waals surface area contributed by atoms with Crippen LogP contribution in [0, 0.1) is 0 Å². The molecule has 2 rings (SSSR count). The highest BCUT2D eigenvalue weighted by Gasteiger charge is 2.05. The van der Waals surface area contributed by atoms with Crippen molar-refractivity contribution in [3.8, 4) is 0 Å². The van der Waals surface area contributed by atoms with Crippen LogP contribution in [0.2, 0.25) is 0 Å². The molecule has 0 aliphatic rings. The van der Waals surface area contributed by atoms with Crippen LogP contribution in [0.25, 0.3) is 0 Å². The molecule has 0 atom stereocenters. The molecule has 1 N–H and O–H groups in total. The van der Waals surface area contributed by atoms with Crippen molar-refractivity contribution in [1.82, 2.24) is 15.1 Å². The molecule has 0 radical (unpaired) electrons. The van der Waals surface area contributed by atoms with E-state index in [0.717, 1.165) is 26.1 Å². The predicted molar refractivity (Wildman–Crippen MR) is 77.0 cm³/mol. The molecular weight excluding hydrogens is 242 g/mol. The lowest BCUT2D eigenvalue weighted by atomic mass is 10.3. The van der Waals surface area contributed by atoms with Gasteiger partial charge in [-0.3, -0.25) is 4.68 Å². The van der Waals surface area contributed by atoms with E-state index in [1.165, 1.54) is 21.9 Å². The minimum absolute atomic E-state index is 0.890. The first-order valence-electron chi connectivity index (χ1n) is 6.62. The van der Waals surface area contributed by atoms with E-state index in [-0.39, 0.29) is 0 Å². The van der Waals surface area contributed by atoms with Gasteiger partial charge in [-0.2, -0.15) is 5.10 Å². The highest BCUT2D eigenvalue weighted by molar-refractivity contribution is 7.11. The second-order valence-corrected chi connectivity index (χ2v) is 5.63. The zero-order chi connectivity index (χ0) is 12.8. The molecule has 0 bridgehead atoms. The van der Waals surface area contributed by atoms with E-state index in [4.69, 9.17) is 0 Å². The lowest BCUT2D eigenvalue weighted by molar-refractivity contribution is 0.595. The van der Waals surface area contributed by atoms with Crippen LogP contribution in [0.4, 0.5) is 0 Å². The van der Waals surface area contributed by atoms with Crippen molar-refractivity contribution in [3.63, 3.8) is 0 Å². The molecule has 0 spiro atoms. The third kappa shape index (κ3) is 3.43. The fourth-order valence-electron chi connectivity index (χ4n) is 1.89. The summed E-state index contributed by atoms with van der Waals surface area (Å²) in [6.07, 6.45) is 4.17. The number of nitrogens with zero attached hydrogens (tertiary/aromatic N) is 2. The van der Waals surface area contributed by atoms with Gasteiger partial charge >= 0.3 is 0 Å². The number of hydrogen-bond donors (Lipinski definition) is 1. The van der Waals surface area contributed by atoms with Gasteiger partial charge in [0.2, 0.25) is 0 Å². The van der Waals surface area contributed by atoms with Gasteiger partial charge in [-0.25, -0.2) is 0 Å². The van der Waals surface area contributed by atoms with Gasteiger partial charge in [-0.15, -0.1) is 11.3 Å². The Balaban J connectivity index is 1.98. The van der Waals surface area contributed by atoms with E-state index < -0.39 is 0 Å². The zero-order valence-corrected chi connectivity index (χ0v) is 12.0. The highest BCUT2D eigenvalue weighted by Crippen LogP contribution is 2.18. The van der Waals surface area contributed by atoms with Gasteiger partial charge in [-0.1, -0.05) is 13.8 Å². The van der Waals surface area contributed by atoms with Gasteiger partial charge in [0, 0.05) is 22.5 Å². The van der Waals surface area contributed by atoms with Crippen molar-refractivity contribution in [2.45, 2.75) is 39.8 Å². The van der Waals surface area contributed by atoms with E-state index in [1.54, 1.807) is 0 Å². The van der Waals surface area contributed by atoms with Crippen molar-refractivity contribution < 1.29 is 0 Å². The van der Waals surface area contributed by atoms with Crippen LogP contribution in [-0.2, 0) is 19.5 Å². The molecule has 0 unspecified atom stereocenters. The Bertz CT molecular complexity index is 473. The van der Waals surface area contributed by atoms with Crippen LogP contribution >= 0.6 is 11.3 Å². The van der Waals surface area contributed by atoms with Crippen molar-refractivity contribution in [2.24, 2.45) is 0 Å². The van der Waals surface area contributed by atoms with Crippen LogP contribution in [0.15, 0.2) is 24.4 Å². The molecule has 0 aliphatic heterocycles. The Labute approximate surface area is 113 Å². The lowest BCUT2D eigenvalue weighted by Gasteiger charge is -2.07. The van der Waals surface area contributed by atoms with Gasteiger partial charge < -0.3 is 5.32 Å². The summed E-state index contributed by atoms with van der Waals surface area (Å²) in [5.74, 6) is 0. The van der Waals surface area contributed by atoms with Crippen LogP contribution < -0.4 is 5.32 Å². The van der Waals surface area contributed by atoms with Crippen molar-refractivity contribution in [2.75, 3.05) is 6.54 Å². The Morgan fingerprint density at radius 2 is 2.06 bits per heavy atom. The Morgan fingerprint density at radius 1 is 1.22 bits per heavy atom. The van der Waals surface area contributed by atoms with Gasteiger partial charge in [0.15, 0.2) is 0 Å². The third-order valence-electron chi connectivity index (χ3n) is 2.91. The number of rotatable bonds is 7. The molecule has 0 amide bonds. The second kappa shape index (κ2) is 6.71. The van der Waals surface area contributed by atoms with Gasteiger partial charge in [0.25, 0.3) is 0 Å². The van der Waals surface area contributed by atoms with Crippen LogP contribution in [-0.4, -0.2) is 16.3 Å². The Kier molecular flexibility index (Phi) is 4.96. The normalized spacial score (nSPS) is 11.0. The molecule has 0 saturated heterocycles. The molecule has 2 heterocycles. The van der Waals surface area contributed by atoms with Gasteiger partial charge in [0.1, 0.15) is 0 Å². The molecule has 2 aromatic heterocycles. The van der Waals surface area contributed by atoms with E-state index in [0.29, 0.717) is 0 Å². The van der Waals surface area contributed by atoms with Crippen molar-refractivity contribution in [3.05, 3.63) is 39.8 Å². The van der Waals surface area contributed by atoms with Crippen LogP contribution in [0.3, 0.4) is 0 Å². The zero-order valence-electron chi connectivity index (χ0n) is 11.1. The fourth-order valence-corrected chi connectivity index (χ4v) is 2.83. The van der Waals surface area contributed by atoms with E-state index in [9.17, 15) is 0 Å². The lowest BCUT2D eigenvalue weighted by Crippen LogP contribution is -2.17. The quantitative estimate of drug-likeness (QED) is 0.778. The van der Waals surface area contributed by atoms with E-state index in [2.05, 4.69) is 47.1 Å². The first-order chi connectivity index (χ1) is 8.83. The number of thiophene rings is 1. The van der Waals surface area contributed by atoms with Crippen LogP contribution in [0.5, 0.6) is 0 Å². The first kappa shape index (κ1) is 13.3. The minimum atomic E-state index is 0.890. The maximum atomic E-state index is 4.41. The van der Waals surface area contributed by atoms with Gasteiger partial charge in [-0.05, 0) is 37.6 Å². The number of hydrogen-bond acceptors (Lipinski definition) is 3. The smallest absolute Gasteiger partial charge is 0.0756 e. The molecule has 0 saturated carbocycles. The average molecular weight is 263 g/mol. The largest absolute Gasteiger partial charge is 0.311 e. The monoisotopic (exact) mass is 263 g/mol. The summed E-state index contributed by atoms with van der Waals surface area (Å²) < 4.78 is 2.09. The first-order valence-corrected chi connectivity index (χ1v) is 7.44. The number of aromatic nitrogens is 2. The molecule has 3 nitrogen and oxygen atoms in total. The molecule has 18 heavy (non-hydrogen) atoms. The Hall–Kier alpha value is -1.13. The molecule has 98 valence electrons. The van der Waals surface area contributed by atoms with Crippen LogP contribution in [0.1, 0.15) is 35.7 Å². The molecule has 2 aromatic rings. The van der Waals surface area contributed by atoms with Gasteiger partial charge in [0.05, 0.1) is 12.2 Å². The average Bonchev–Trinajstić information content (AvgIpc) is 3.00. The molecule has 4 heteroatoms. The van der Waals surface area contributed by atoms with Crippen molar-refractivity contribution in [1.29, 1.82) is 0 Å². The minimum Gasteiger partial charge on any atom is -0.311 e. The molecule has 0 aliphatic carbocycles. The molecular formula is C14H21N3S. The summed E-state index contributed by atoms with van der Waals surface area (Å²) in [4.78, 5) is 2.83. The fraction of sp³-hybridized carbons (Fsp3) is 0.500. The number of nitrogens with one attached hydrogen (secondary N) is 1. The maximum absolute atomic E-state index is 4.41. The maximum Gasteiger partial charge on any atom is 0.0756 e. The molecule has 0 fully saturated rings. The summed E-state index contributed by atoms with van der Waals surface area (Å²) >= 11 is 1.89. The van der Waals surface area contributed by atoms with E-state index >= 15 is 0 Å². The standard InChI is InChI=1S/C14H21N3S/c1-3-8-15-10-12-7-9-16-17(12)11-14-6-5-13(4-2)18-14/h5-7,9,15H,3-4,8,10-11H2,1-2H3.